The molecule has 1 heterocycles. The van der Waals surface area contributed by atoms with E-state index in [1.807, 2.05) is 49.3 Å². The number of fused-ring (bicyclic) bond motifs is 1. The predicted octanol–water partition coefficient (Wildman–Crippen LogP) is 3.69. The van der Waals surface area contributed by atoms with E-state index in [1.54, 1.807) is 0 Å². The molecule has 1 aromatic heterocycles. The number of likely N-dealkylation sites (N-methyl/N-ethyl adjacent to an activating group) is 1. The van der Waals surface area contributed by atoms with E-state index in [9.17, 15) is 22.8 Å². The van der Waals surface area contributed by atoms with Gasteiger partial charge in [-0.3, -0.25) is 14.5 Å². The minimum Gasteiger partial charge on any atom is -0.459 e. The highest BCUT2D eigenvalue weighted by Crippen LogP contribution is 2.26. The molecule has 0 saturated heterocycles. The molecule has 10 heteroatoms. The second-order valence-electron chi connectivity index (χ2n) is 6.90. The molecule has 0 unspecified atom stereocenters. The predicted molar refractivity (Wildman–Crippen MR) is 107 cm³/mol. The first kappa shape index (κ1) is 22.2. The van der Waals surface area contributed by atoms with Crippen LogP contribution in [0.25, 0.3) is 11.0 Å². The van der Waals surface area contributed by atoms with Crippen LogP contribution in [-0.4, -0.2) is 43.7 Å². The van der Waals surface area contributed by atoms with Gasteiger partial charge in [0.1, 0.15) is 17.1 Å². The first-order valence-corrected chi connectivity index (χ1v) is 9.22. The third-order valence-electron chi connectivity index (χ3n) is 4.40. The van der Waals surface area contributed by atoms with Gasteiger partial charge >= 0.3 is 18.2 Å². The number of nitrogens with one attached hydrogen (secondary N) is 2. The molecule has 1 atom stereocenters. The van der Waals surface area contributed by atoms with E-state index in [4.69, 9.17) is 4.42 Å². The monoisotopic (exact) mass is 435 g/mol. The maximum atomic E-state index is 12.2. The van der Waals surface area contributed by atoms with Gasteiger partial charge in [0, 0.05) is 17.6 Å². The molecular formula is C21H20F3N3O4. The molecule has 3 rings (SSSR count). The fraction of sp³-hybridized carbons (Fsp3) is 0.238. The maximum absolute atomic E-state index is 12.2. The lowest BCUT2D eigenvalue weighted by atomic mass is 10.2. The third-order valence-corrected chi connectivity index (χ3v) is 4.40. The Balaban J connectivity index is 1.58. The lowest BCUT2D eigenvalue weighted by Gasteiger charge is -2.22. The second kappa shape index (κ2) is 9.09. The molecule has 31 heavy (non-hydrogen) atoms. The lowest BCUT2D eigenvalue weighted by Crippen LogP contribution is -2.40. The summed E-state index contributed by atoms with van der Waals surface area (Å²) < 4.78 is 46.2. The molecule has 0 saturated carbocycles. The summed E-state index contributed by atoms with van der Waals surface area (Å²) in [6, 6.07) is 13.5. The first-order chi connectivity index (χ1) is 14.6. The van der Waals surface area contributed by atoms with E-state index < -0.39 is 23.9 Å². The van der Waals surface area contributed by atoms with Crippen molar-refractivity contribution < 1.29 is 31.9 Å². The van der Waals surface area contributed by atoms with E-state index in [2.05, 4.69) is 15.4 Å². The van der Waals surface area contributed by atoms with Crippen molar-refractivity contribution in [2.24, 2.45) is 0 Å². The smallest absolute Gasteiger partial charge is 0.459 e. The van der Waals surface area contributed by atoms with Crippen molar-refractivity contribution in [3.05, 3.63) is 60.4 Å². The van der Waals surface area contributed by atoms with Crippen molar-refractivity contribution in [1.29, 1.82) is 0 Å². The number of alkyl halides is 3. The molecule has 7 nitrogen and oxygen atoms in total. The Morgan fingerprint density at radius 1 is 1.06 bits per heavy atom. The molecule has 0 spiro atoms. The average molecular weight is 435 g/mol. The highest BCUT2D eigenvalue weighted by Gasteiger charge is 2.31. The number of para-hydroxylation sites is 1. The molecule has 0 radical (unpaired) electrons. The summed E-state index contributed by atoms with van der Waals surface area (Å²) in [4.78, 5) is 26.1. The van der Waals surface area contributed by atoms with Crippen molar-refractivity contribution in [1.82, 2.24) is 10.2 Å². The minimum absolute atomic E-state index is 0.109. The summed E-state index contributed by atoms with van der Waals surface area (Å²) in [5.74, 6) is -1.65. The minimum atomic E-state index is -4.81. The number of hydrogen-bond acceptors (Lipinski definition) is 5. The summed E-state index contributed by atoms with van der Waals surface area (Å²) in [6.45, 7) is 0.109. The van der Waals surface area contributed by atoms with Crippen LogP contribution in [-0.2, 0) is 9.59 Å². The Kier molecular flexibility index (Phi) is 6.50. The van der Waals surface area contributed by atoms with Crippen LogP contribution < -0.4 is 15.4 Å². The number of anilines is 1. The van der Waals surface area contributed by atoms with Crippen LogP contribution in [0.3, 0.4) is 0 Å². The topological polar surface area (TPSA) is 83.8 Å². The largest absolute Gasteiger partial charge is 0.573 e. The molecule has 164 valence electrons. The fourth-order valence-corrected chi connectivity index (χ4v) is 2.90. The number of halogens is 3. The Labute approximate surface area is 175 Å². The zero-order valence-corrected chi connectivity index (χ0v) is 16.7. The molecule has 2 amide bonds. The van der Waals surface area contributed by atoms with Gasteiger partial charge in [0.15, 0.2) is 0 Å². The molecule has 0 aliphatic heterocycles. The number of carbonyl (C=O) groups is 2. The van der Waals surface area contributed by atoms with Gasteiger partial charge in [0.05, 0.1) is 6.04 Å². The van der Waals surface area contributed by atoms with Crippen LogP contribution in [0.2, 0.25) is 0 Å². The summed E-state index contributed by atoms with van der Waals surface area (Å²) in [6.07, 6.45) is -4.81. The molecule has 3 aromatic rings. The normalized spacial score (nSPS) is 12.6. The second-order valence-corrected chi connectivity index (χ2v) is 6.90. The lowest BCUT2D eigenvalue weighted by molar-refractivity contribution is -0.274. The van der Waals surface area contributed by atoms with Gasteiger partial charge in [-0.25, -0.2) is 0 Å². The van der Waals surface area contributed by atoms with Gasteiger partial charge in [-0.05, 0) is 50.5 Å². The van der Waals surface area contributed by atoms with Crippen LogP contribution in [0.4, 0.5) is 18.9 Å². The summed E-state index contributed by atoms with van der Waals surface area (Å²) in [7, 11) is 3.63. The van der Waals surface area contributed by atoms with Gasteiger partial charge in [0.2, 0.25) is 0 Å². The summed E-state index contributed by atoms with van der Waals surface area (Å²) >= 11 is 0. The van der Waals surface area contributed by atoms with E-state index in [1.165, 1.54) is 12.1 Å². The highest BCUT2D eigenvalue weighted by molar-refractivity contribution is 6.39. The van der Waals surface area contributed by atoms with Crippen LogP contribution in [0.15, 0.2) is 59.0 Å². The van der Waals surface area contributed by atoms with Crippen molar-refractivity contribution in [2.75, 3.05) is 26.0 Å². The quantitative estimate of drug-likeness (QED) is 0.577. The Morgan fingerprint density at radius 3 is 2.35 bits per heavy atom. The van der Waals surface area contributed by atoms with Crippen molar-refractivity contribution in [3.8, 4) is 5.75 Å². The Bertz CT molecular complexity index is 1030. The molecule has 0 bridgehead atoms. The Morgan fingerprint density at radius 2 is 1.74 bits per heavy atom. The number of ether oxygens (including phenoxy) is 1. The molecular weight excluding hydrogens is 415 g/mol. The molecule has 0 aliphatic carbocycles. The van der Waals surface area contributed by atoms with E-state index in [-0.39, 0.29) is 18.3 Å². The first-order valence-electron chi connectivity index (χ1n) is 9.22. The zero-order chi connectivity index (χ0) is 22.6. The van der Waals surface area contributed by atoms with Gasteiger partial charge in [-0.2, -0.15) is 0 Å². The fourth-order valence-electron chi connectivity index (χ4n) is 2.90. The molecule has 2 N–H and O–H groups in total. The molecule has 2 aromatic carbocycles. The molecule has 0 aliphatic rings. The van der Waals surface area contributed by atoms with Crippen LogP contribution in [0.1, 0.15) is 11.8 Å². The van der Waals surface area contributed by atoms with Crippen molar-refractivity contribution >= 4 is 28.5 Å². The third kappa shape index (κ3) is 5.98. The number of hydrogen-bond donors (Lipinski definition) is 2. The highest BCUT2D eigenvalue weighted by atomic mass is 19.4. The maximum Gasteiger partial charge on any atom is 0.573 e. The van der Waals surface area contributed by atoms with Gasteiger partial charge in [0.25, 0.3) is 0 Å². The SMILES string of the molecule is CN(C)[C@H](CNC(=O)C(=O)Nc1ccc(OC(F)(F)F)cc1)c1cc2ccccc2o1. The van der Waals surface area contributed by atoms with Gasteiger partial charge in [-0.15, -0.1) is 13.2 Å². The van der Waals surface area contributed by atoms with Gasteiger partial charge in [-0.1, -0.05) is 18.2 Å². The van der Waals surface area contributed by atoms with E-state index >= 15 is 0 Å². The standard InChI is InChI=1S/C21H20F3N3O4/c1-27(2)16(18-11-13-5-3-4-6-17(13)30-18)12-25-19(28)20(29)26-14-7-9-15(10-8-14)31-21(22,23)24/h3-11,16H,12H2,1-2H3,(H,25,28)(H,26,29)/t16-/m1/s1. The average Bonchev–Trinajstić information content (AvgIpc) is 3.11. The summed E-state index contributed by atoms with van der Waals surface area (Å²) in [5, 5.41) is 5.79. The number of benzene rings is 2. The van der Waals surface area contributed by atoms with Crippen LogP contribution in [0, 0.1) is 0 Å². The number of nitrogens with zero attached hydrogens (tertiary/aromatic N) is 1. The number of carbonyl (C=O) groups excluding carboxylic acids is 2. The number of amides is 2. The molecule has 0 fully saturated rings. The van der Waals surface area contributed by atoms with Gasteiger partial charge < -0.3 is 19.8 Å². The Hall–Kier alpha value is -3.53. The van der Waals surface area contributed by atoms with E-state index in [0.29, 0.717) is 11.3 Å². The van der Waals surface area contributed by atoms with Crippen LogP contribution in [0.5, 0.6) is 5.75 Å². The van der Waals surface area contributed by atoms with E-state index in [0.717, 1.165) is 17.5 Å². The van der Waals surface area contributed by atoms with Crippen molar-refractivity contribution in [2.45, 2.75) is 12.4 Å². The number of rotatable bonds is 6. The summed E-state index contributed by atoms with van der Waals surface area (Å²) in [5.41, 5.74) is 0.863. The van der Waals surface area contributed by atoms with Crippen LogP contribution >= 0.6 is 0 Å². The number of furan rings is 1. The zero-order valence-electron chi connectivity index (χ0n) is 16.7. The van der Waals surface area contributed by atoms with Crippen molar-refractivity contribution in [3.63, 3.8) is 0 Å².